The van der Waals surface area contributed by atoms with Gasteiger partial charge in [0.25, 0.3) is 0 Å². The first-order chi connectivity index (χ1) is 29.4. The lowest BCUT2D eigenvalue weighted by atomic mass is 9.77. The van der Waals surface area contributed by atoms with Gasteiger partial charge in [0.2, 0.25) is 17.1 Å². The molecule has 0 radical (unpaired) electrons. The van der Waals surface area contributed by atoms with Crippen molar-refractivity contribution in [1.29, 1.82) is 0 Å². The van der Waals surface area contributed by atoms with Crippen molar-refractivity contribution in [3.05, 3.63) is 168 Å². The first-order valence-electron chi connectivity index (χ1n) is 22.3. The average Bonchev–Trinajstić information content (AvgIpc) is 3.63. The summed E-state index contributed by atoms with van der Waals surface area (Å²) in [5, 5.41) is 2.13. The minimum Gasteiger partial charge on any atom is -0.437 e. The lowest BCUT2D eigenvalue weighted by molar-refractivity contribution is -0.719. The number of fused-ring (bicyclic) bond motifs is 13. The van der Waals surface area contributed by atoms with Crippen LogP contribution in [0.15, 0.2) is 139 Å². The molecule has 2 unspecified atom stereocenters. The summed E-state index contributed by atoms with van der Waals surface area (Å²) >= 11 is 0. The molecule has 4 nitrogen and oxygen atoms in total. The zero-order chi connectivity index (χ0) is 42.3. The van der Waals surface area contributed by atoms with E-state index in [1.54, 1.807) is 0 Å². The molecule has 0 saturated carbocycles. The Kier molecular flexibility index (Phi) is 9.47. The van der Waals surface area contributed by atoms with E-state index in [9.17, 15) is 0 Å². The fraction of sp³-hybridized carbons (Fsp3) is 0.281. The van der Waals surface area contributed by atoms with Crippen molar-refractivity contribution in [1.82, 2.24) is 4.98 Å². The van der Waals surface area contributed by atoms with E-state index in [1.807, 2.05) is 0 Å². The van der Waals surface area contributed by atoms with Crippen LogP contribution in [-0.2, 0) is 11.8 Å². The van der Waals surface area contributed by atoms with Crippen LogP contribution in [0.1, 0.15) is 118 Å². The summed E-state index contributed by atoms with van der Waals surface area (Å²) in [7, 11) is 0. The van der Waals surface area contributed by atoms with Gasteiger partial charge in [-0.1, -0.05) is 121 Å². The standard InChI is InChI=1S/C57H57N3O/c1-34(2)45-31-40(38-17-11-10-12-18-38)32-46(35(3)4)54(45)49-26-25-44-43-24-22-39-23-27-51-47(41-19-13-14-20-42(41)50-21-15-16-28-59(50)51)30-37(6)60-33-48(57(7,8)9)36(5)29-52(60)53(39)55(43)61-56(44)58-49/h10-22,24-26,28-29,31-35,47,51H,6,23,27,30H2,1-5,7-9H3/q+2. The second kappa shape index (κ2) is 14.8. The maximum absolute atomic E-state index is 7.15. The molecule has 304 valence electrons. The van der Waals surface area contributed by atoms with E-state index in [2.05, 4.69) is 192 Å². The molecule has 4 aromatic heterocycles. The number of aromatic nitrogens is 3. The molecule has 4 aromatic carbocycles. The Balaban J connectivity index is 1.19. The Morgan fingerprint density at radius 3 is 2.18 bits per heavy atom. The van der Waals surface area contributed by atoms with Crippen molar-refractivity contribution >= 4 is 27.8 Å². The summed E-state index contributed by atoms with van der Waals surface area (Å²) in [6, 6.07) is 42.9. The van der Waals surface area contributed by atoms with Crippen molar-refractivity contribution < 1.29 is 13.6 Å². The van der Waals surface area contributed by atoms with Crippen LogP contribution in [-0.4, -0.2) is 4.98 Å². The Morgan fingerprint density at radius 1 is 0.738 bits per heavy atom. The van der Waals surface area contributed by atoms with Gasteiger partial charge in [-0.15, -0.1) is 0 Å². The topological polar surface area (TPSA) is 33.8 Å². The Bertz CT molecular complexity index is 3000. The Hall–Kier alpha value is -6.13. The van der Waals surface area contributed by atoms with E-state index in [4.69, 9.17) is 16.0 Å². The van der Waals surface area contributed by atoms with Gasteiger partial charge in [-0.2, -0.15) is 9.13 Å². The summed E-state index contributed by atoms with van der Waals surface area (Å²) in [5.41, 5.74) is 20.1. The molecule has 0 bridgehead atoms. The third-order valence-electron chi connectivity index (χ3n) is 13.6. The van der Waals surface area contributed by atoms with E-state index in [1.165, 1.54) is 61.3 Å². The highest BCUT2D eigenvalue weighted by Gasteiger charge is 2.43. The van der Waals surface area contributed by atoms with Crippen molar-refractivity contribution in [3.8, 4) is 44.9 Å². The van der Waals surface area contributed by atoms with Crippen molar-refractivity contribution in [2.75, 3.05) is 0 Å². The molecule has 0 aliphatic carbocycles. The molecule has 2 aliphatic heterocycles. The highest BCUT2D eigenvalue weighted by molar-refractivity contribution is 6.09. The van der Waals surface area contributed by atoms with Crippen LogP contribution in [0.4, 0.5) is 0 Å². The van der Waals surface area contributed by atoms with Crippen LogP contribution in [0.3, 0.4) is 0 Å². The van der Waals surface area contributed by atoms with Crippen molar-refractivity contribution in [2.45, 2.75) is 104 Å². The highest BCUT2D eigenvalue weighted by atomic mass is 16.3. The molecule has 10 rings (SSSR count). The predicted molar refractivity (Wildman–Crippen MR) is 252 cm³/mol. The maximum atomic E-state index is 7.15. The number of pyridine rings is 3. The fourth-order valence-electron chi connectivity index (χ4n) is 10.6. The molecule has 8 aromatic rings. The Morgan fingerprint density at radius 2 is 1.44 bits per heavy atom. The zero-order valence-corrected chi connectivity index (χ0v) is 37.0. The van der Waals surface area contributed by atoms with Gasteiger partial charge in [0.1, 0.15) is 0 Å². The molecule has 0 saturated heterocycles. The molecular formula is C57H57N3O+2. The highest BCUT2D eigenvalue weighted by Crippen LogP contribution is 2.47. The molecule has 0 amide bonds. The quantitative estimate of drug-likeness (QED) is 0.166. The fourth-order valence-corrected chi connectivity index (χ4v) is 10.6. The van der Waals surface area contributed by atoms with Gasteiger partial charge in [0.05, 0.1) is 17.2 Å². The third-order valence-corrected chi connectivity index (χ3v) is 13.6. The zero-order valence-electron chi connectivity index (χ0n) is 37.0. The molecule has 0 N–H and O–H groups in total. The molecular weight excluding hydrogens is 743 g/mol. The number of nitrogens with zero attached hydrogens (tertiary/aromatic N) is 3. The third kappa shape index (κ3) is 6.54. The number of aryl methyl sites for hydroxylation is 2. The average molecular weight is 800 g/mol. The summed E-state index contributed by atoms with van der Waals surface area (Å²) in [6.45, 7) is 23.3. The minimum atomic E-state index is -0.0476. The monoisotopic (exact) mass is 799 g/mol. The number of hydrogen-bond donors (Lipinski definition) is 0. The van der Waals surface area contributed by atoms with Gasteiger partial charge in [-0.25, -0.2) is 4.98 Å². The van der Waals surface area contributed by atoms with Gasteiger partial charge in [0.15, 0.2) is 29.7 Å². The summed E-state index contributed by atoms with van der Waals surface area (Å²) in [6.07, 6.45) is 7.39. The number of rotatable bonds is 4. The van der Waals surface area contributed by atoms with E-state index in [0.717, 1.165) is 58.3 Å². The summed E-state index contributed by atoms with van der Waals surface area (Å²) < 4.78 is 12.1. The van der Waals surface area contributed by atoms with Gasteiger partial charge in [-0.05, 0) is 100 Å². The molecule has 2 aliphatic rings. The first kappa shape index (κ1) is 39.0. The van der Waals surface area contributed by atoms with Crippen LogP contribution < -0.4 is 9.13 Å². The summed E-state index contributed by atoms with van der Waals surface area (Å²) in [5.74, 6) is 0.889. The van der Waals surface area contributed by atoms with Gasteiger partial charge in [0, 0.05) is 58.5 Å². The first-order valence-corrected chi connectivity index (χ1v) is 22.3. The van der Waals surface area contributed by atoms with Crippen LogP contribution in [0.2, 0.25) is 0 Å². The normalized spacial score (nSPS) is 16.3. The Labute approximate surface area is 361 Å². The minimum absolute atomic E-state index is 0.0476. The molecule has 6 heterocycles. The molecule has 61 heavy (non-hydrogen) atoms. The second-order valence-electron chi connectivity index (χ2n) is 19.3. The van der Waals surface area contributed by atoms with E-state index in [-0.39, 0.29) is 17.4 Å². The number of hydrogen-bond acceptors (Lipinski definition) is 2. The molecule has 4 heteroatoms. The lowest BCUT2D eigenvalue weighted by Gasteiger charge is -2.31. The maximum Gasteiger partial charge on any atom is 0.227 e. The van der Waals surface area contributed by atoms with E-state index >= 15 is 0 Å². The van der Waals surface area contributed by atoms with Crippen LogP contribution >= 0.6 is 0 Å². The number of allylic oxidation sites excluding steroid dienone is 1. The molecule has 0 spiro atoms. The van der Waals surface area contributed by atoms with Crippen molar-refractivity contribution in [3.63, 3.8) is 0 Å². The van der Waals surface area contributed by atoms with Gasteiger partial charge in [-0.3, -0.25) is 0 Å². The van der Waals surface area contributed by atoms with Gasteiger partial charge >= 0.3 is 0 Å². The smallest absolute Gasteiger partial charge is 0.227 e. The number of benzene rings is 4. The van der Waals surface area contributed by atoms with Crippen LogP contribution in [0, 0.1) is 6.92 Å². The second-order valence-corrected chi connectivity index (χ2v) is 19.3. The predicted octanol–water partition coefficient (Wildman–Crippen LogP) is 14.2. The van der Waals surface area contributed by atoms with Crippen LogP contribution in [0.25, 0.3) is 72.7 Å². The number of furan rings is 1. The molecule has 2 atom stereocenters. The molecule has 0 fully saturated rings. The van der Waals surface area contributed by atoms with Crippen LogP contribution in [0.5, 0.6) is 0 Å². The van der Waals surface area contributed by atoms with E-state index in [0.29, 0.717) is 17.5 Å². The van der Waals surface area contributed by atoms with E-state index < -0.39 is 0 Å². The summed E-state index contributed by atoms with van der Waals surface area (Å²) in [4.78, 5) is 5.44. The van der Waals surface area contributed by atoms with Gasteiger partial charge < -0.3 is 4.42 Å². The van der Waals surface area contributed by atoms with Crippen molar-refractivity contribution in [2.24, 2.45) is 0 Å². The lowest BCUT2D eigenvalue weighted by Crippen LogP contribution is -2.48. The largest absolute Gasteiger partial charge is 0.437 e. The SMILES string of the molecule is C=C1CC2c3ccccc3-c3cccc[n+]3C2CCc2ccc3c(oc4nc(-c5c(C(C)C)cc(-c6ccccc6)cc5C(C)C)ccc43)c2-c2cc(C)c(C(C)(C)C)c[n+]21.